The molecule has 1 saturated heterocycles. The summed E-state index contributed by atoms with van der Waals surface area (Å²) in [5, 5.41) is 4.55. The van der Waals surface area contributed by atoms with Crippen LogP contribution in [0.1, 0.15) is 59.3 Å². The van der Waals surface area contributed by atoms with Gasteiger partial charge < -0.3 is 15.0 Å². The summed E-state index contributed by atoms with van der Waals surface area (Å²) in [5.74, 6) is 0. The molecule has 0 bridgehead atoms. The fourth-order valence-corrected chi connectivity index (χ4v) is 4.16. The molecule has 22 heavy (non-hydrogen) atoms. The second-order valence-electron chi connectivity index (χ2n) is 7.59. The van der Waals surface area contributed by atoms with Crippen molar-refractivity contribution < 1.29 is 9.53 Å². The molecule has 1 saturated carbocycles. The van der Waals surface area contributed by atoms with Crippen molar-refractivity contribution in [1.29, 1.82) is 0 Å². The summed E-state index contributed by atoms with van der Waals surface area (Å²) >= 11 is 2.00. The molecule has 4 nitrogen and oxygen atoms in total. The van der Waals surface area contributed by atoms with E-state index in [-0.39, 0.29) is 6.09 Å². The molecule has 2 fully saturated rings. The first-order valence-electron chi connectivity index (χ1n) is 8.65. The van der Waals surface area contributed by atoms with Gasteiger partial charge in [-0.2, -0.15) is 11.8 Å². The van der Waals surface area contributed by atoms with Crippen molar-refractivity contribution in [3.8, 4) is 0 Å². The third kappa shape index (κ3) is 5.34. The fraction of sp³-hybridized carbons (Fsp3) is 0.941. The minimum absolute atomic E-state index is 0.150. The summed E-state index contributed by atoms with van der Waals surface area (Å²) in [5.41, 5.74) is -0.409. The molecule has 1 heterocycles. The van der Waals surface area contributed by atoms with E-state index in [0.717, 1.165) is 31.2 Å². The lowest BCUT2D eigenvalue weighted by Gasteiger charge is -2.32. The van der Waals surface area contributed by atoms with Gasteiger partial charge in [0, 0.05) is 30.4 Å². The maximum Gasteiger partial charge on any atom is 0.410 e. The van der Waals surface area contributed by atoms with Gasteiger partial charge >= 0.3 is 6.09 Å². The molecule has 1 aliphatic carbocycles. The minimum atomic E-state index is -0.409. The number of rotatable bonds is 4. The Morgan fingerprint density at radius 1 is 1.23 bits per heavy atom. The van der Waals surface area contributed by atoms with Crippen LogP contribution in [-0.4, -0.2) is 53.3 Å². The molecule has 1 unspecified atom stereocenters. The monoisotopic (exact) mass is 328 g/mol. The first kappa shape index (κ1) is 17.9. The van der Waals surface area contributed by atoms with Crippen LogP contribution in [0.25, 0.3) is 0 Å². The highest BCUT2D eigenvalue weighted by Gasteiger charge is 2.32. The van der Waals surface area contributed by atoms with E-state index >= 15 is 0 Å². The van der Waals surface area contributed by atoms with Gasteiger partial charge in [0.1, 0.15) is 5.60 Å². The van der Waals surface area contributed by atoms with Crippen LogP contribution < -0.4 is 5.32 Å². The molecular formula is C17H32N2O2S. The van der Waals surface area contributed by atoms with Gasteiger partial charge in [-0.15, -0.1) is 0 Å². The largest absolute Gasteiger partial charge is 0.444 e. The number of hydrogen-bond donors (Lipinski definition) is 1. The molecule has 0 radical (unpaired) electrons. The number of nitrogens with one attached hydrogen (secondary N) is 1. The molecule has 0 aromatic rings. The maximum atomic E-state index is 12.3. The van der Waals surface area contributed by atoms with Crippen molar-refractivity contribution in [1.82, 2.24) is 10.2 Å². The molecule has 0 spiro atoms. The number of nitrogens with zero attached hydrogens (tertiary/aromatic N) is 1. The van der Waals surface area contributed by atoms with Crippen molar-refractivity contribution >= 4 is 17.9 Å². The van der Waals surface area contributed by atoms with Gasteiger partial charge in [0.15, 0.2) is 0 Å². The molecule has 0 aromatic carbocycles. The molecule has 0 aromatic heterocycles. The second-order valence-corrected chi connectivity index (χ2v) is 8.73. The van der Waals surface area contributed by atoms with E-state index in [9.17, 15) is 4.79 Å². The Bertz CT molecular complexity index is 362. The van der Waals surface area contributed by atoms with Crippen LogP contribution in [0, 0.1) is 0 Å². The highest BCUT2D eigenvalue weighted by molar-refractivity contribution is 7.99. The Labute approximate surface area is 139 Å². The van der Waals surface area contributed by atoms with E-state index < -0.39 is 5.60 Å². The Morgan fingerprint density at radius 2 is 1.91 bits per heavy atom. The van der Waals surface area contributed by atoms with Crippen LogP contribution in [0.15, 0.2) is 0 Å². The first-order chi connectivity index (χ1) is 10.4. The van der Waals surface area contributed by atoms with Crippen LogP contribution >= 0.6 is 11.8 Å². The van der Waals surface area contributed by atoms with E-state index in [1.54, 1.807) is 0 Å². The zero-order chi connectivity index (χ0) is 16.2. The fourth-order valence-electron chi connectivity index (χ4n) is 3.41. The number of carbonyl (C=O) groups is 1. The van der Waals surface area contributed by atoms with Crippen molar-refractivity contribution in [2.75, 3.05) is 19.3 Å². The van der Waals surface area contributed by atoms with E-state index in [0.29, 0.717) is 12.1 Å². The normalized spacial score (nSPS) is 29.6. The Morgan fingerprint density at radius 3 is 2.50 bits per heavy atom. The topological polar surface area (TPSA) is 41.6 Å². The smallest absolute Gasteiger partial charge is 0.410 e. The Balaban J connectivity index is 1.76. The molecule has 128 valence electrons. The van der Waals surface area contributed by atoms with Gasteiger partial charge in [-0.1, -0.05) is 0 Å². The minimum Gasteiger partial charge on any atom is -0.444 e. The first-order valence-corrected chi connectivity index (χ1v) is 9.93. The third-order valence-electron chi connectivity index (χ3n) is 4.65. The molecule has 1 aliphatic heterocycles. The predicted molar refractivity (Wildman–Crippen MR) is 93.5 cm³/mol. The molecule has 2 rings (SSSR count). The molecule has 2 aliphatic rings. The average molecular weight is 329 g/mol. The zero-order valence-electron chi connectivity index (χ0n) is 14.6. The summed E-state index contributed by atoms with van der Waals surface area (Å²) in [6.07, 6.45) is 9.42. The standard InChI is InChI=1S/C17H32N2O2S/c1-17(2,3)21-16(20)19-11-5-6-14(19)12-18-13-7-9-15(22-4)10-8-13/h13-15,18H,5-12H2,1-4H3. The van der Waals surface area contributed by atoms with Crippen molar-refractivity contribution in [2.24, 2.45) is 0 Å². The molecule has 1 amide bonds. The summed E-state index contributed by atoms with van der Waals surface area (Å²) in [7, 11) is 0. The van der Waals surface area contributed by atoms with Crippen LogP contribution in [0.5, 0.6) is 0 Å². The predicted octanol–water partition coefficient (Wildman–Crippen LogP) is 3.65. The van der Waals surface area contributed by atoms with E-state index in [2.05, 4.69) is 11.6 Å². The number of amides is 1. The van der Waals surface area contributed by atoms with Crippen molar-refractivity contribution in [3.63, 3.8) is 0 Å². The van der Waals surface area contributed by atoms with Crippen molar-refractivity contribution in [3.05, 3.63) is 0 Å². The number of carbonyl (C=O) groups excluding carboxylic acids is 1. The van der Waals surface area contributed by atoms with Crippen LogP contribution in [0.3, 0.4) is 0 Å². The van der Waals surface area contributed by atoms with Crippen LogP contribution in [-0.2, 0) is 4.74 Å². The number of likely N-dealkylation sites (tertiary alicyclic amines) is 1. The van der Waals surface area contributed by atoms with Crippen LogP contribution in [0.2, 0.25) is 0 Å². The highest BCUT2D eigenvalue weighted by Crippen LogP contribution is 2.27. The van der Waals surface area contributed by atoms with Crippen LogP contribution in [0.4, 0.5) is 4.79 Å². The Kier molecular flexibility index (Phi) is 6.45. The molecule has 1 atom stereocenters. The van der Waals surface area contributed by atoms with E-state index in [4.69, 9.17) is 4.74 Å². The summed E-state index contributed by atoms with van der Waals surface area (Å²) < 4.78 is 5.53. The SMILES string of the molecule is CSC1CCC(NCC2CCCN2C(=O)OC(C)(C)C)CC1. The lowest BCUT2D eigenvalue weighted by atomic mass is 9.95. The van der Waals surface area contributed by atoms with E-state index in [1.165, 1.54) is 25.7 Å². The lowest BCUT2D eigenvalue weighted by Crippen LogP contribution is -2.46. The van der Waals surface area contributed by atoms with Gasteiger partial charge in [0.25, 0.3) is 0 Å². The maximum absolute atomic E-state index is 12.3. The Hall–Kier alpha value is -0.420. The van der Waals surface area contributed by atoms with Gasteiger partial charge in [-0.05, 0) is 65.6 Å². The van der Waals surface area contributed by atoms with Gasteiger partial charge in [-0.3, -0.25) is 0 Å². The summed E-state index contributed by atoms with van der Waals surface area (Å²) in [4.78, 5) is 14.2. The second kappa shape index (κ2) is 7.91. The van der Waals surface area contributed by atoms with Gasteiger partial charge in [0.05, 0.1) is 0 Å². The molecular weight excluding hydrogens is 296 g/mol. The average Bonchev–Trinajstić information content (AvgIpc) is 2.92. The third-order valence-corrected chi connectivity index (χ3v) is 5.79. The molecule has 5 heteroatoms. The van der Waals surface area contributed by atoms with E-state index in [1.807, 2.05) is 37.4 Å². The van der Waals surface area contributed by atoms with Gasteiger partial charge in [-0.25, -0.2) is 4.79 Å². The van der Waals surface area contributed by atoms with Crippen molar-refractivity contribution in [2.45, 2.75) is 82.2 Å². The highest BCUT2D eigenvalue weighted by atomic mass is 32.2. The number of thioether (sulfide) groups is 1. The zero-order valence-corrected chi connectivity index (χ0v) is 15.4. The van der Waals surface area contributed by atoms with Gasteiger partial charge in [0.2, 0.25) is 0 Å². The summed E-state index contributed by atoms with van der Waals surface area (Å²) in [6.45, 7) is 7.53. The quantitative estimate of drug-likeness (QED) is 0.855. The molecule has 1 N–H and O–H groups in total. The number of ether oxygens (including phenoxy) is 1. The number of hydrogen-bond acceptors (Lipinski definition) is 4. The lowest BCUT2D eigenvalue weighted by molar-refractivity contribution is 0.0224. The summed E-state index contributed by atoms with van der Waals surface area (Å²) in [6, 6.07) is 0.928.